The van der Waals surface area contributed by atoms with Crippen LogP contribution in [0.25, 0.3) is 0 Å². The van der Waals surface area contributed by atoms with E-state index in [1.165, 1.54) is 13.1 Å². The summed E-state index contributed by atoms with van der Waals surface area (Å²) in [5.74, 6) is -1.10. The largest absolute Gasteiger partial charge is 0.344 e. The fourth-order valence-corrected chi connectivity index (χ4v) is 9.88. The average Bonchev–Trinajstić information content (AvgIpc) is 3.78. The predicted octanol–water partition coefficient (Wildman–Crippen LogP) is 7.38. The van der Waals surface area contributed by atoms with Crippen LogP contribution >= 0.6 is 36.1 Å². The Labute approximate surface area is 384 Å². The van der Waals surface area contributed by atoms with E-state index in [4.69, 9.17) is 20.6 Å². The molecule has 1 fully saturated rings. The summed E-state index contributed by atoms with van der Waals surface area (Å²) >= 11 is 2.83. The molecule has 0 bridgehead atoms. The van der Waals surface area contributed by atoms with Gasteiger partial charge >= 0.3 is 5.97 Å². The van der Waals surface area contributed by atoms with Crippen LogP contribution in [0, 0.1) is 0 Å². The minimum Gasteiger partial charge on any atom is -0.344 e. The molecule has 3 aliphatic heterocycles. The molecular weight excluding hydrogens is 917 g/mol. The van der Waals surface area contributed by atoms with Crippen molar-refractivity contribution in [1.82, 2.24) is 9.37 Å². The molecule has 0 atom stereocenters. The highest BCUT2D eigenvalue weighted by atomic mass is 32.2. The van der Waals surface area contributed by atoms with Gasteiger partial charge in [0.1, 0.15) is 6.54 Å². The van der Waals surface area contributed by atoms with Gasteiger partial charge in [0.2, 0.25) is 15.7 Å². The van der Waals surface area contributed by atoms with Crippen LogP contribution in [-0.2, 0) is 68.2 Å². The van der Waals surface area contributed by atoms with E-state index < -0.39 is 38.6 Å². The van der Waals surface area contributed by atoms with Crippen molar-refractivity contribution in [3.05, 3.63) is 95.8 Å². The number of hydrogen-bond donors (Lipinski definition) is 3. The highest BCUT2D eigenvalue weighted by Gasteiger charge is 2.45. The molecule has 2 aromatic rings. The molecule has 348 valence electrons. The van der Waals surface area contributed by atoms with Gasteiger partial charge in [0.15, 0.2) is 5.71 Å². The molecule has 0 saturated carbocycles. The van der Waals surface area contributed by atoms with Crippen molar-refractivity contribution in [3.8, 4) is 0 Å². The van der Waals surface area contributed by atoms with Gasteiger partial charge < -0.3 is 9.74 Å². The van der Waals surface area contributed by atoms with Crippen molar-refractivity contribution < 1.29 is 76.1 Å². The molecule has 0 aromatic heterocycles. The van der Waals surface area contributed by atoms with Crippen molar-refractivity contribution in [2.75, 3.05) is 43.1 Å². The van der Waals surface area contributed by atoms with Gasteiger partial charge in [-0.3, -0.25) is 9.59 Å². The van der Waals surface area contributed by atoms with Crippen LogP contribution in [0.3, 0.4) is 0 Å². The lowest BCUT2D eigenvalue weighted by Crippen LogP contribution is -2.34. The van der Waals surface area contributed by atoms with Gasteiger partial charge in [-0.1, -0.05) is 59.3 Å². The molecule has 0 radical (unpaired) electrons. The number of anilines is 1. The molecule has 2 aromatic carbocycles. The molecule has 0 unspecified atom stereocenters. The molecule has 0 spiro atoms. The van der Waals surface area contributed by atoms with E-state index >= 15 is 0 Å². The zero-order valence-electron chi connectivity index (χ0n) is 35.7. The lowest BCUT2D eigenvalue weighted by atomic mass is 9.81. The number of rotatable bonds is 25. The Morgan fingerprint density at radius 1 is 0.844 bits per heavy atom. The number of benzene rings is 2. The first-order chi connectivity index (χ1) is 30.6. The van der Waals surface area contributed by atoms with Crippen molar-refractivity contribution >= 4 is 81.0 Å². The quantitative estimate of drug-likeness (QED) is 0.0168. The molecule has 5 rings (SSSR count). The number of hydrogen-bond acceptors (Lipinski definition) is 19. The SMILES string of the molecule is CN(CCC(=O)ON1C(=O)CCC1=O)S(=O)(=O)c1ccc2c(c1)C(C)(C)C(=CC=CC=CC=CC1=[N+](CCCSOOO)c3ccc(SOOO)cc3C1(C)C)N2CCCSOOO. The van der Waals surface area contributed by atoms with Crippen LogP contribution < -0.4 is 4.90 Å². The highest BCUT2D eigenvalue weighted by molar-refractivity contribution is 7.95. The topological polar surface area (TPSA) is 223 Å². The van der Waals surface area contributed by atoms with E-state index in [0.717, 1.165) is 79.2 Å². The smallest absolute Gasteiger partial charge is 0.334 e. The number of hydroxylamine groups is 2. The summed E-state index contributed by atoms with van der Waals surface area (Å²) in [4.78, 5) is 43.9. The van der Waals surface area contributed by atoms with Gasteiger partial charge in [-0.2, -0.15) is 4.58 Å². The van der Waals surface area contributed by atoms with Crippen LogP contribution in [0.2, 0.25) is 0 Å². The summed E-state index contributed by atoms with van der Waals surface area (Å²) < 4.78 is 44.6. The molecule has 64 heavy (non-hydrogen) atoms. The number of imide groups is 1. The normalized spacial score (nSPS) is 17.7. The third-order valence-corrected chi connectivity index (χ3v) is 14.4. The fraction of sp³-hybridized carbons (Fsp3) is 0.415. The first-order valence-corrected chi connectivity index (χ1v) is 23.9. The molecule has 3 aliphatic rings. The standard InChI is InChI=1S/C41H50N4O15S4/c1-40(2)31-27-29(63-60-57-51)15-17-33(31)43(22-11-25-61-58-55-49)35(40)13-9-7-6-8-10-14-36-41(3,4)32-28-30(16-18-34(32)44(36)23-12-26-62-59-56-50)64(52,53)42(5)24-21-39(48)54-45-37(46)19-20-38(45)47/h6-10,13-18,27-28H,11-12,19-26H2,1-5H3,(H2-,49,50,51)/p+1. The van der Waals surface area contributed by atoms with Gasteiger partial charge in [-0.25, -0.2) is 33.3 Å². The number of fused-ring (bicyclic) bond motifs is 2. The van der Waals surface area contributed by atoms with Crippen LogP contribution in [0.4, 0.5) is 11.4 Å². The van der Waals surface area contributed by atoms with Crippen LogP contribution in [-0.4, -0.2) is 99.8 Å². The molecule has 3 N–H and O–H groups in total. The number of carbonyl (C=O) groups excluding carboxylic acids is 3. The van der Waals surface area contributed by atoms with Gasteiger partial charge in [0.25, 0.3) is 11.8 Å². The molecule has 2 amide bonds. The Morgan fingerprint density at radius 3 is 2.19 bits per heavy atom. The van der Waals surface area contributed by atoms with Gasteiger partial charge in [-0.05, 0) is 62.2 Å². The van der Waals surface area contributed by atoms with E-state index in [9.17, 15) is 22.8 Å². The Morgan fingerprint density at radius 2 is 1.50 bits per heavy atom. The predicted molar refractivity (Wildman–Crippen MR) is 238 cm³/mol. The maximum absolute atomic E-state index is 13.8. The van der Waals surface area contributed by atoms with E-state index in [0.29, 0.717) is 42.5 Å². The van der Waals surface area contributed by atoms with Crippen LogP contribution in [0.5, 0.6) is 0 Å². The monoisotopic (exact) mass is 967 g/mol. The highest BCUT2D eigenvalue weighted by Crippen LogP contribution is 2.49. The fourth-order valence-electron chi connectivity index (χ4n) is 7.57. The third kappa shape index (κ3) is 12.3. The zero-order chi connectivity index (χ0) is 46.5. The van der Waals surface area contributed by atoms with E-state index in [-0.39, 0.29) is 30.7 Å². The van der Waals surface area contributed by atoms with Crippen molar-refractivity contribution in [2.24, 2.45) is 0 Å². The minimum absolute atomic E-state index is 0.0226. The van der Waals surface area contributed by atoms with Gasteiger partial charge in [0, 0.05) is 114 Å². The lowest BCUT2D eigenvalue weighted by Gasteiger charge is -2.27. The summed E-state index contributed by atoms with van der Waals surface area (Å²) in [6, 6.07) is 10.8. The molecular formula is C41H51N4O15S4+. The number of sulfonamides is 1. The van der Waals surface area contributed by atoms with Gasteiger partial charge in [0.05, 0.1) is 28.8 Å². The molecule has 3 heterocycles. The zero-order valence-corrected chi connectivity index (χ0v) is 39.0. The number of carbonyl (C=O) groups is 3. The Hall–Kier alpha value is -3.92. The van der Waals surface area contributed by atoms with Gasteiger partial charge in [-0.15, -0.1) is 18.1 Å². The molecule has 19 nitrogen and oxygen atoms in total. The first kappa shape index (κ1) is 51.1. The second-order valence-electron chi connectivity index (χ2n) is 15.5. The van der Waals surface area contributed by atoms with Crippen LogP contribution in [0.15, 0.2) is 94.4 Å². The van der Waals surface area contributed by atoms with E-state index in [1.54, 1.807) is 12.1 Å². The van der Waals surface area contributed by atoms with E-state index in [1.807, 2.05) is 68.5 Å². The first-order valence-electron chi connectivity index (χ1n) is 19.9. The Bertz CT molecular complexity index is 2270. The average molecular weight is 968 g/mol. The second-order valence-corrected chi connectivity index (χ2v) is 19.8. The van der Waals surface area contributed by atoms with Crippen molar-refractivity contribution in [1.29, 1.82) is 0 Å². The molecule has 1 saturated heterocycles. The summed E-state index contributed by atoms with van der Waals surface area (Å²) in [5, 5.41) is 37.4. The maximum atomic E-state index is 13.8. The second kappa shape index (κ2) is 23.5. The summed E-state index contributed by atoms with van der Waals surface area (Å²) in [7, 11) is -2.74. The summed E-state index contributed by atoms with van der Waals surface area (Å²) in [6.45, 7) is 9.19. The van der Waals surface area contributed by atoms with E-state index in [2.05, 4.69) is 57.5 Å². The maximum Gasteiger partial charge on any atom is 0.334 e. The van der Waals surface area contributed by atoms with Crippen molar-refractivity contribution in [2.45, 2.75) is 80.4 Å². The molecule has 0 aliphatic carbocycles. The molecule has 23 heteroatoms. The van der Waals surface area contributed by atoms with Crippen LogP contribution in [0.1, 0.15) is 70.9 Å². The lowest BCUT2D eigenvalue weighted by molar-refractivity contribution is -0.438. The summed E-state index contributed by atoms with van der Waals surface area (Å²) in [6.07, 6.45) is 14.5. The van der Waals surface area contributed by atoms with Crippen molar-refractivity contribution in [3.63, 3.8) is 0 Å². The number of amides is 2. The Kier molecular flexibility index (Phi) is 18.8. The summed E-state index contributed by atoms with van der Waals surface area (Å²) in [5.41, 5.74) is 4.54. The Balaban J connectivity index is 1.33. The number of allylic oxidation sites excluding steroid dienone is 8. The minimum atomic E-state index is -4.08. The third-order valence-electron chi connectivity index (χ3n) is 10.8. The number of nitrogens with zero attached hydrogens (tertiary/aromatic N) is 4.